The summed E-state index contributed by atoms with van der Waals surface area (Å²) in [7, 11) is 0. The third-order valence-electron chi connectivity index (χ3n) is 8.93. The maximum absolute atomic E-state index is 6.28. The molecule has 2 heteroatoms. The fraction of sp³-hybridized carbons (Fsp3) is 0.857. The van der Waals surface area contributed by atoms with E-state index < -0.39 is 0 Å². The quantitative estimate of drug-likeness (QED) is 0.664. The van der Waals surface area contributed by atoms with E-state index in [2.05, 4.69) is 26.1 Å². The lowest BCUT2D eigenvalue weighted by Gasteiger charge is -2.57. The minimum Gasteiger partial charge on any atom is -0.327 e. The zero-order chi connectivity index (χ0) is 15.8. The van der Waals surface area contributed by atoms with Crippen molar-refractivity contribution in [2.75, 3.05) is 0 Å². The molecule has 1 spiro atoms. The standard InChI is InChI=1S/C21H32N2/c1-13-17-5-6-19-16-4-3-14-11-15(22)7-9-20(14,2)18(16)8-10-21(17,19)12-23-13/h3,12-13,15-19H,4-11,22H2,1-2H3/t13-,15+,16-,17-,18+,19+,20+,21+/m1/s1. The smallest absolute Gasteiger partial charge is 0.0504 e. The number of nitrogens with two attached hydrogens (primary N) is 1. The first-order valence-electron chi connectivity index (χ1n) is 10.0. The summed E-state index contributed by atoms with van der Waals surface area (Å²) in [6.45, 7) is 4.93. The van der Waals surface area contributed by atoms with Crippen LogP contribution in [0.3, 0.4) is 0 Å². The SMILES string of the molecule is C[C@H]1N=C[C@]23CC[C@H]4[C@@H](CC=C5C[C@@H](N)CC[C@@]54C)[C@@H]2CC[C@H]13. The third-order valence-corrected chi connectivity index (χ3v) is 8.93. The number of allylic oxidation sites excluding steroid dienone is 1. The molecule has 0 bridgehead atoms. The Kier molecular flexibility index (Phi) is 3.01. The highest BCUT2D eigenvalue weighted by molar-refractivity contribution is 5.71. The van der Waals surface area contributed by atoms with Crippen LogP contribution in [0.2, 0.25) is 0 Å². The molecule has 1 aliphatic heterocycles. The van der Waals surface area contributed by atoms with E-state index in [4.69, 9.17) is 10.7 Å². The van der Waals surface area contributed by atoms with Gasteiger partial charge in [-0.25, -0.2) is 0 Å². The van der Waals surface area contributed by atoms with Crippen molar-refractivity contribution >= 4 is 6.21 Å². The molecule has 0 aromatic heterocycles. The normalized spacial score (nSPS) is 57.3. The molecule has 5 rings (SSSR count). The molecule has 8 atom stereocenters. The van der Waals surface area contributed by atoms with Crippen molar-refractivity contribution < 1.29 is 0 Å². The Balaban J connectivity index is 1.51. The fourth-order valence-electron chi connectivity index (χ4n) is 7.76. The zero-order valence-electron chi connectivity index (χ0n) is 14.8. The number of aliphatic imine (C=N–C) groups is 1. The van der Waals surface area contributed by atoms with E-state index >= 15 is 0 Å². The van der Waals surface area contributed by atoms with Crippen LogP contribution < -0.4 is 5.73 Å². The van der Waals surface area contributed by atoms with Gasteiger partial charge in [0.25, 0.3) is 0 Å². The van der Waals surface area contributed by atoms with Crippen molar-refractivity contribution in [3.63, 3.8) is 0 Å². The van der Waals surface area contributed by atoms with Crippen LogP contribution in [0.1, 0.15) is 65.2 Å². The lowest BCUT2D eigenvalue weighted by molar-refractivity contribution is -0.0148. The van der Waals surface area contributed by atoms with Crippen molar-refractivity contribution in [1.82, 2.24) is 0 Å². The molecule has 0 aromatic carbocycles. The second-order valence-corrected chi connectivity index (χ2v) is 9.62. The number of hydrogen-bond donors (Lipinski definition) is 1. The summed E-state index contributed by atoms with van der Waals surface area (Å²) in [5.41, 5.74) is 8.94. The van der Waals surface area contributed by atoms with Crippen molar-refractivity contribution in [2.24, 2.45) is 45.2 Å². The number of fused-ring (bicyclic) bond motifs is 4. The van der Waals surface area contributed by atoms with Crippen molar-refractivity contribution in [3.8, 4) is 0 Å². The number of rotatable bonds is 0. The third kappa shape index (κ3) is 1.77. The van der Waals surface area contributed by atoms with Crippen LogP contribution in [0, 0.1) is 34.5 Å². The van der Waals surface area contributed by atoms with Gasteiger partial charge in [0.2, 0.25) is 0 Å². The zero-order valence-corrected chi connectivity index (χ0v) is 14.8. The van der Waals surface area contributed by atoms with E-state index in [0.717, 1.165) is 30.1 Å². The van der Waals surface area contributed by atoms with E-state index in [1.54, 1.807) is 5.57 Å². The summed E-state index contributed by atoms with van der Waals surface area (Å²) in [5, 5.41) is 0. The highest BCUT2D eigenvalue weighted by Gasteiger charge is 2.61. The lowest BCUT2D eigenvalue weighted by atomic mass is 9.47. The predicted octanol–water partition coefficient (Wildman–Crippen LogP) is 4.35. The summed E-state index contributed by atoms with van der Waals surface area (Å²) >= 11 is 0. The Morgan fingerprint density at radius 2 is 1.91 bits per heavy atom. The van der Waals surface area contributed by atoms with Gasteiger partial charge in [-0.2, -0.15) is 0 Å². The highest BCUT2D eigenvalue weighted by Crippen LogP contribution is 2.67. The Hall–Kier alpha value is -0.630. The Morgan fingerprint density at radius 1 is 1.09 bits per heavy atom. The molecule has 0 aromatic rings. The summed E-state index contributed by atoms with van der Waals surface area (Å²) < 4.78 is 0. The van der Waals surface area contributed by atoms with E-state index in [0.29, 0.717) is 22.9 Å². The monoisotopic (exact) mass is 312 g/mol. The average molecular weight is 313 g/mol. The van der Waals surface area contributed by atoms with Crippen LogP contribution in [0.15, 0.2) is 16.6 Å². The Bertz CT molecular complexity index is 578. The molecule has 23 heavy (non-hydrogen) atoms. The Labute approximate surface area is 141 Å². The van der Waals surface area contributed by atoms with E-state index in [-0.39, 0.29) is 0 Å². The molecule has 0 amide bonds. The summed E-state index contributed by atoms with van der Waals surface area (Å²) in [6.07, 6.45) is 15.8. The van der Waals surface area contributed by atoms with Crippen molar-refractivity contribution in [1.29, 1.82) is 0 Å². The van der Waals surface area contributed by atoms with Gasteiger partial charge in [-0.05, 0) is 87.4 Å². The minimum absolute atomic E-state index is 0.416. The van der Waals surface area contributed by atoms with Crippen LogP contribution in [0.4, 0.5) is 0 Å². The van der Waals surface area contributed by atoms with Gasteiger partial charge in [0.1, 0.15) is 0 Å². The van der Waals surface area contributed by atoms with Crippen LogP contribution in [0.5, 0.6) is 0 Å². The molecule has 3 fully saturated rings. The molecule has 4 aliphatic carbocycles. The van der Waals surface area contributed by atoms with Gasteiger partial charge in [-0.3, -0.25) is 4.99 Å². The van der Waals surface area contributed by atoms with Crippen LogP contribution in [0.25, 0.3) is 0 Å². The predicted molar refractivity (Wildman–Crippen MR) is 95.4 cm³/mol. The lowest BCUT2D eigenvalue weighted by Crippen LogP contribution is -2.51. The topological polar surface area (TPSA) is 38.4 Å². The molecule has 0 saturated heterocycles. The first-order chi connectivity index (χ1) is 11.0. The van der Waals surface area contributed by atoms with Crippen LogP contribution in [-0.4, -0.2) is 18.3 Å². The van der Waals surface area contributed by atoms with Gasteiger partial charge in [0.05, 0.1) is 6.04 Å². The van der Waals surface area contributed by atoms with Crippen molar-refractivity contribution in [3.05, 3.63) is 11.6 Å². The summed E-state index contributed by atoms with van der Waals surface area (Å²) in [5.74, 6) is 3.58. The molecule has 0 unspecified atom stereocenters. The molecule has 2 N–H and O–H groups in total. The molecule has 1 heterocycles. The molecule has 3 saturated carbocycles. The van der Waals surface area contributed by atoms with Gasteiger partial charge >= 0.3 is 0 Å². The van der Waals surface area contributed by atoms with E-state index in [9.17, 15) is 0 Å². The van der Waals surface area contributed by atoms with Crippen LogP contribution in [-0.2, 0) is 0 Å². The second-order valence-electron chi connectivity index (χ2n) is 9.62. The summed E-state index contributed by atoms with van der Waals surface area (Å²) in [4.78, 5) is 4.89. The second kappa shape index (κ2) is 4.71. The summed E-state index contributed by atoms with van der Waals surface area (Å²) in [6, 6.07) is 0.994. The number of hydrogen-bond acceptors (Lipinski definition) is 2. The Morgan fingerprint density at radius 3 is 2.78 bits per heavy atom. The van der Waals surface area contributed by atoms with Gasteiger partial charge in [-0.15, -0.1) is 0 Å². The van der Waals surface area contributed by atoms with Gasteiger partial charge in [0, 0.05) is 17.7 Å². The van der Waals surface area contributed by atoms with Gasteiger partial charge in [-0.1, -0.05) is 18.6 Å². The maximum Gasteiger partial charge on any atom is 0.0504 e. The minimum atomic E-state index is 0.416. The van der Waals surface area contributed by atoms with Crippen molar-refractivity contribution in [2.45, 2.75) is 77.3 Å². The maximum atomic E-state index is 6.28. The van der Waals surface area contributed by atoms with Gasteiger partial charge < -0.3 is 5.73 Å². The molecular formula is C21H32N2. The molecule has 5 aliphatic rings. The fourth-order valence-corrected chi connectivity index (χ4v) is 7.76. The number of nitrogens with zero attached hydrogens (tertiary/aromatic N) is 1. The molecule has 0 radical (unpaired) electrons. The molecular weight excluding hydrogens is 280 g/mol. The molecule has 2 nitrogen and oxygen atoms in total. The highest BCUT2D eigenvalue weighted by atomic mass is 14.9. The largest absolute Gasteiger partial charge is 0.327 e. The molecule has 126 valence electrons. The first-order valence-corrected chi connectivity index (χ1v) is 10.0. The average Bonchev–Trinajstić information content (AvgIpc) is 3.06. The first kappa shape index (κ1) is 14.7. The van der Waals surface area contributed by atoms with Gasteiger partial charge in [0.15, 0.2) is 0 Å². The van der Waals surface area contributed by atoms with Crippen LogP contribution >= 0.6 is 0 Å². The van der Waals surface area contributed by atoms with E-state index in [1.165, 1.54) is 44.9 Å². The van der Waals surface area contributed by atoms with E-state index in [1.807, 2.05) is 0 Å².